The first-order chi connectivity index (χ1) is 13.0. The van der Waals surface area contributed by atoms with Gasteiger partial charge in [0.15, 0.2) is 0 Å². The molecule has 0 bridgehead atoms. The van der Waals surface area contributed by atoms with Crippen molar-refractivity contribution < 1.29 is 9.59 Å². The van der Waals surface area contributed by atoms with E-state index in [2.05, 4.69) is 15.5 Å². The van der Waals surface area contributed by atoms with E-state index in [0.717, 1.165) is 25.1 Å². The molecule has 2 aliphatic carbocycles. The Balaban J connectivity index is 1.33. The highest BCUT2D eigenvalue weighted by Gasteiger charge is 2.44. The Labute approximate surface area is 160 Å². The molecule has 0 unspecified atom stereocenters. The van der Waals surface area contributed by atoms with Crippen LogP contribution >= 0.6 is 0 Å². The van der Waals surface area contributed by atoms with E-state index in [1.54, 1.807) is 19.0 Å². The number of carbonyl (C=O) groups excluding carboxylic acids is 2. The molecule has 7 nitrogen and oxygen atoms in total. The van der Waals surface area contributed by atoms with Gasteiger partial charge in [0.2, 0.25) is 5.91 Å². The SMILES string of the molecule is CN(C)C(=O)N1C[C@H](NC(=O)CCc2n[nH]c3c2CCCC3)[C@@H](C2CC2)C1. The number of carbonyl (C=O) groups is 2. The van der Waals surface area contributed by atoms with E-state index in [0.29, 0.717) is 31.2 Å². The number of hydrogen-bond acceptors (Lipinski definition) is 3. The smallest absolute Gasteiger partial charge is 0.319 e. The molecule has 2 N–H and O–H groups in total. The van der Waals surface area contributed by atoms with Crippen LogP contribution in [0.25, 0.3) is 0 Å². The van der Waals surface area contributed by atoms with Crippen molar-refractivity contribution in [3.63, 3.8) is 0 Å². The summed E-state index contributed by atoms with van der Waals surface area (Å²) in [4.78, 5) is 28.4. The zero-order valence-corrected chi connectivity index (χ0v) is 16.5. The van der Waals surface area contributed by atoms with Crippen LogP contribution in [0.5, 0.6) is 0 Å². The molecule has 4 rings (SSSR count). The molecule has 27 heavy (non-hydrogen) atoms. The van der Waals surface area contributed by atoms with Crippen molar-refractivity contribution in [3.8, 4) is 0 Å². The third kappa shape index (κ3) is 3.96. The number of nitrogens with zero attached hydrogens (tertiary/aromatic N) is 3. The summed E-state index contributed by atoms with van der Waals surface area (Å²) in [6.45, 7) is 1.39. The number of fused-ring (bicyclic) bond motifs is 1. The Morgan fingerprint density at radius 2 is 2.00 bits per heavy atom. The molecule has 1 aliphatic heterocycles. The Hall–Kier alpha value is -2.05. The summed E-state index contributed by atoms with van der Waals surface area (Å²) in [6.07, 6.45) is 8.20. The first-order valence-corrected chi connectivity index (χ1v) is 10.3. The summed E-state index contributed by atoms with van der Waals surface area (Å²) in [7, 11) is 3.57. The lowest BCUT2D eigenvalue weighted by atomic mass is 9.94. The van der Waals surface area contributed by atoms with E-state index in [1.165, 1.54) is 36.9 Å². The van der Waals surface area contributed by atoms with Crippen LogP contribution < -0.4 is 5.32 Å². The maximum atomic E-state index is 12.6. The molecule has 3 amide bonds. The largest absolute Gasteiger partial charge is 0.351 e. The van der Waals surface area contributed by atoms with Crippen LogP contribution in [0.3, 0.4) is 0 Å². The molecule has 2 atom stereocenters. The molecule has 2 fully saturated rings. The van der Waals surface area contributed by atoms with Crippen LogP contribution in [-0.2, 0) is 24.1 Å². The van der Waals surface area contributed by atoms with E-state index >= 15 is 0 Å². The minimum absolute atomic E-state index is 0.0422. The van der Waals surface area contributed by atoms with Crippen molar-refractivity contribution in [3.05, 3.63) is 17.0 Å². The lowest BCUT2D eigenvalue weighted by Gasteiger charge is -2.21. The third-order valence-corrected chi connectivity index (χ3v) is 6.32. The van der Waals surface area contributed by atoms with Crippen molar-refractivity contribution in [1.29, 1.82) is 0 Å². The van der Waals surface area contributed by atoms with Crippen LogP contribution in [0, 0.1) is 11.8 Å². The predicted molar refractivity (Wildman–Crippen MR) is 102 cm³/mol. The topological polar surface area (TPSA) is 81.3 Å². The van der Waals surface area contributed by atoms with E-state index in [9.17, 15) is 9.59 Å². The first kappa shape index (κ1) is 18.3. The quantitative estimate of drug-likeness (QED) is 0.825. The fourth-order valence-electron chi connectivity index (χ4n) is 4.69. The molecule has 7 heteroatoms. The van der Waals surface area contributed by atoms with E-state index < -0.39 is 0 Å². The standard InChI is InChI=1S/C20H31N5O2/c1-24(2)20(27)25-11-15(13-7-8-13)18(12-25)21-19(26)10-9-17-14-5-3-4-6-16(14)22-23-17/h13,15,18H,3-12H2,1-2H3,(H,21,26)(H,22,23)/t15-,18+/m1/s1. The normalized spacial score (nSPS) is 24.6. The summed E-state index contributed by atoms with van der Waals surface area (Å²) in [5.41, 5.74) is 3.67. The lowest BCUT2D eigenvalue weighted by Crippen LogP contribution is -2.43. The van der Waals surface area contributed by atoms with Gasteiger partial charge >= 0.3 is 6.03 Å². The predicted octanol–water partition coefficient (Wildman–Crippen LogP) is 1.73. The number of aromatic nitrogens is 2. The highest BCUT2D eigenvalue weighted by molar-refractivity contribution is 5.77. The van der Waals surface area contributed by atoms with Gasteiger partial charge in [-0.1, -0.05) is 0 Å². The number of rotatable bonds is 5. The van der Waals surface area contributed by atoms with E-state index in [1.807, 2.05) is 4.90 Å². The number of amides is 3. The van der Waals surface area contributed by atoms with E-state index in [-0.39, 0.29) is 18.0 Å². The molecule has 2 heterocycles. The average molecular weight is 374 g/mol. The molecular weight excluding hydrogens is 342 g/mol. The second-order valence-corrected chi connectivity index (χ2v) is 8.59. The molecular formula is C20H31N5O2. The maximum Gasteiger partial charge on any atom is 0.319 e. The first-order valence-electron chi connectivity index (χ1n) is 10.3. The zero-order chi connectivity index (χ0) is 19.0. The average Bonchev–Trinajstić information content (AvgIpc) is 3.29. The summed E-state index contributed by atoms with van der Waals surface area (Å²) >= 11 is 0. The number of likely N-dealkylation sites (tertiary alicyclic amines) is 1. The number of aryl methyl sites for hydroxylation is 2. The molecule has 0 spiro atoms. The number of aromatic amines is 1. The minimum atomic E-state index is 0.0422. The highest BCUT2D eigenvalue weighted by atomic mass is 16.2. The van der Waals surface area contributed by atoms with Crippen molar-refractivity contribution in [1.82, 2.24) is 25.3 Å². The number of hydrogen-bond donors (Lipinski definition) is 2. The van der Waals surface area contributed by atoms with Gasteiger partial charge < -0.3 is 15.1 Å². The van der Waals surface area contributed by atoms with Gasteiger partial charge in [0.25, 0.3) is 0 Å². The van der Waals surface area contributed by atoms with Crippen LogP contribution in [-0.4, -0.2) is 65.2 Å². The zero-order valence-electron chi connectivity index (χ0n) is 16.5. The van der Waals surface area contributed by atoms with E-state index in [4.69, 9.17) is 0 Å². The third-order valence-electron chi connectivity index (χ3n) is 6.32. The maximum absolute atomic E-state index is 12.6. The molecule has 1 aromatic heterocycles. The van der Waals surface area contributed by atoms with Gasteiger partial charge in [0, 0.05) is 51.6 Å². The number of urea groups is 1. The highest BCUT2D eigenvalue weighted by Crippen LogP contribution is 2.41. The Bertz CT molecular complexity index is 709. The van der Waals surface area contributed by atoms with Crippen LogP contribution in [0.15, 0.2) is 0 Å². The molecule has 3 aliphatic rings. The van der Waals surface area contributed by atoms with Crippen LogP contribution in [0.1, 0.15) is 49.1 Å². The van der Waals surface area contributed by atoms with Crippen LogP contribution in [0.2, 0.25) is 0 Å². The second kappa shape index (κ2) is 7.52. The minimum Gasteiger partial charge on any atom is -0.351 e. The van der Waals surface area contributed by atoms with Gasteiger partial charge in [0.1, 0.15) is 0 Å². The van der Waals surface area contributed by atoms with Crippen molar-refractivity contribution in [2.75, 3.05) is 27.2 Å². The Kier molecular flexibility index (Phi) is 5.10. The summed E-state index contributed by atoms with van der Waals surface area (Å²) < 4.78 is 0. The molecule has 1 saturated carbocycles. The van der Waals surface area contributed by atoms with Crippen molar-refractivity contribution in [2.45, 2.75) is 57.4 Å². The monoisotopic (exact) mass is 373 g/mol. The Morgan fingerprint density at radius 1 is 1.22 bits per heavy atom. The molecule has 1 aromatic rings. The Morgan fingerprint density at radius 3 is 2.74 bits per heavy atom. The van der Waals surface area contributed by atoms with Gasteiger partial charge in [-0.05, 0) is 50.0 Å². The summed E-state index contributed by atoms with van der Waals surface area (Å²) in [5, 5.41) is 10.8. The van der Waals surface area contributed by atoms with Crippen LogP contribution in [0.4, 0.5) is 4.79 Å². The second-order valence-electron chi connectivity index (χ2n) is 8.59. The fourth-order valence-corrected chi connectivity index (χ4v) is 4.69. The number of H-pyrrole nitrogens is 1. The molecule has 0 radical (unpaired) electrons. The molecule has 148 valence electrons. The lowest BCUT2D eigenvalue weighted by molar-refractivity contribution is -0.122. The number of nitrogens with one attached hydrogen (secondary N) is 2. The van der Waals surface area contributed by atoms with Gasteiger partial charge in [-0.3, -0.25) is 9.89 Å². The van der Waals surface area contributed by atoms with Crippen molar-refractivity contribution >= 4 is 11.9 Å². The van der Waals surface area contributed by atoms with Crippen molar-refractivity contribution in [2.24, 2.45) is 11.8 Å². The molecule has 0 aromatic carbocycles. The van der Waals surface area contributed by atoms with Gasteiger partial charge in [-0.2, -0.15) is 5.10 Å². The molecule has 1 saturated heterocycles. The van der Waals surface area contributed by atoms with Gasteiger partial charge in [-0.25, -0.2) is 4.79 Å². The van der Waals surface area contributed by atoms with Gasteiger partial charge in [-0.15, -0.1) is 0 Å². The summed E-state index contributed by atoms with van der Waals surface area (Å²) in [6, 6.07) is 0.127. The fraction of sp³-hybridized carbons (Fsp3) is 0.750. The van der Waals surface area contributed by atoms with Gasteiger partial charge in [0.05, 0.1) is 11.7 Å². The summed E-state index contributed by atoms with van der Waals surface area (Å²) in [5.74, 6) is 1.14.